The molecule has 0 spiro atoms. The predicted octanol–water partition coefficient (Wildman–Crippen LogP) is 3.32. The van der Waals surface area contributed by atoms with Gasteiger partial charge in [0.25, 0.3) is 0 Å². The van der Waals surface area contributed by atoms with E-state index in [1.807, 2.05) is 36.5 Å². The number of hydrogen-bond donors (Lipinski definition) is 2. The van der Waals surface area contributed by atoms with E-state index in [9.17, 15) is 14.0 Å². The van der Waals surface area contributed by atoms with Crippen LogP contribution in [0.3, 0.4) is 0 Å². The number of amides is 2. The minimum absolute atomic E-state index is 0.0790. The lowest BCUT2D eigenvalue weighted by Gasteiger charge is -2.08. The van der Waals surface area contributed by atoms with Gasteiger partial charge in [-0.2, -0.15) is 0 Å². The van der Waals surface area contributed by atoms with Gasteiger partial charge in [-0.05, 0) is 41.8 Å². The molecule has 0 atom stereocenters. The molecule has 1 aromatic heterocycles. The molecule has 26 heavy (non-hydrogen) atoms. The van der Waals surface area contributed by atoms with E-state index in [0.29, 0.717) is 18.8 Å². The third kappa shape index (κ3) is 4.69. The Morgan fingerprint density at radius 3 is 2.46 bits per heavy atom. The Labute approximate surface area is 150 Å². The highest BCUT2D eigenvalue weighted by Gasteiger charge is 2.07. The highest BCUT2D eigenvalue weighted by Crippen LogP contribution is 2.14. The van der Waals surface area contributed by atoms with Gasteiger partial charge in [0.2, 0.25) is 11.8 Å². The minimum atomic E-state index is -0.363. The van der Waals surface area contributed by atoms with Crippen molar-refractivity contribution in [3.63, 3.8) is 0 Å². The van der Waals surface area contributed by atoms with E-state index < -0.39 is 0 Å². The number of rotatable bonds is 7. The van der Waals surface area contributed by atoms with Crippen LogP contribution in [0.4, 0.5) is 10.1 Å². The summed E-state index contributed by atoms with van der Waals surface area (Å²) in [5, 5.41) is 6.62. The second kappa shape index (κ2) is 8.29. The molecular formula is C20H20FN3O2. The first-order valence-corrected chi connectivity index (χ1v) is 8.48. The Morgan fingerprint density at radius 2 is 1.65 bits per heavy atom. The van der Waals surface area contributed by atoms with Gasteiger partial charge in [-0.1, -0.05) is 18.2 Å². The van der Waals surface area contributed by atoms with Gasteiger partial charge in [0, 0.05) is 43.3 Å². The Kier molecular flexibility index (Phi) is 5.63. The van der Waals surface area contributed by atoms with Crippen molar-refractivity contribution in [1.29, 1.82) is 0 Å². The molecule has 2 aromatic carbocycles. The first-order chi connectivity index (χ1) is 12.6. The number of halogens is 1. The van der Waals surface area contributed by atoms with Crippen LogP contribution in [0.25, 0.3) is 10.9 Å². The van der Waals surface area contributed by atoms with E-state index in [-0.39, 0.29) is 30.5 Å². The molecular weight excluding hydrogens is 333 g/mol. The number of carbonyl (C=O) groups excluding carboxylic acids is 2. The lowest BCUT2D eigenvalue weighted by atomic mass is 10.2. The lowest BCUT2D eigenvalue weighted by Crippen LogP contribution is -2.28. The summed E-state index contributed by atoms with van der Waals surface area (Å²) in [6.45, 7) is 1.16. The number of aromatic nitrogens is 1. The van der Waals surface area contributed by atoms with Gasteiger partial charge >= 0.3 is 0 Å². The summed E-state index contributed by atoms with van der Waals surface area (Å²) in [6.07, 6.45) is 2.18. The average Bonchev–Trinajstić information content (AvgIpc) is 3.05. The van der Waals surface area contributed by atoms with Crippen LogP contribution in [0.2, 0.25) is 0 Å². The average molecular weight is 353 g/mol. The van der Waals surface area contributed by atoms with Crippen LogP contribution in [0.5, 0.6) is 0 Å². The van der Waals surface area contributed by atoms with E-state index in [4.69, 9.17) is 0 Å². The highest BCUT2D eigenvalue weighted by atomic mass is 19.1. The van der Waals surface area contributed by atoms with Gasteiger partial charge < -0.3 is 15.2 Å². The lowest BCUT2D eigenvalue weighted by molar-refractivity contribution is -0.124. The van der Waals surface area contributed by atoms with Crippen molar-refractivity contribution >= 4 is 28.4 Å². The molecule has 3 rings (SSSR count). The monoisotopic (exact) mass is 353 g/mol. The topological polar surface area (TPSA) is 63.1 Å². The molecule has 0 bridgehead atoms. The number of anilines is 1. The van der Waals surface area contributed by atoms with Crippen LogP contribution in [0.1, 0.15) is 12.8 Å². The fourth-order valence-corrected chi connectivity index (χ4v) is 2.72. The third-order valence-electron chi connectivity index (χ3n) is 4.06. The van der Waals surface area contributed by atoms with E-state index in [2.05, 4.69) is 15.2 Å². The second-order valence-corrected chi connectivity index (χ2v) is 5.97. The maximum absolute atomic E-state index is 12.8. The second-order valence-electron chi connectivity index (χ2n) is 5.97. The largest absolute Gasteiger partial charge is 0.354 e. The number of nitrogens with zero attached hydrogens (tertiary/aromatic N) is 1. The van der Waals surface area contributed by atoms with Crippen LogP contribution >= 0.6 is 0 Å². The molecule has 0 saturated carbocycles. The van der Waals surface area contributed by atoms with Gasteiger partial charge in [0.15, 0.2) is 0 Å². The molecule has 1 heterocycles. The number of fused-ring (bicyclic) bond motifs is 1. The molecule has 5 nitrogen and oxygen atoms in total. The van der Waals surface area contributed by atoms with E-state index >= 15 is 0 Å². The Hall–Kier alpha value is -3.15. The molecule has 6 heteroatoms. The van der Waals surface area contributed by atoms with Crippen LogP contribution in [-0.2, 0) is 16.1 Å². The highest BCUT2D eigenvalue weighted by molar-refractivity contribution is 5.93. The number of carbonyl (C=O) groups is 2. The molecule has 0 radical (unpaired) electrons. The van der Waals surface area contributed by atoms with Crippen LogP contribution in [0, 0.1) is 5.82 Å². The zero-order valence-corrected chi connectivity index (χ0v) is 14.2. The van der Waals surface area contributed by atoms with Crippen LogP contribution in [0.15, 0.2) is 60.8 Å². The summed E-state index contributed by atoms with van der Waals surface area (Å²) in [4.78, 5) is 23.7. The zero-order chi connectivity index (χ0) is 18.4. The number of benzene rings is 2. The smallest absolute Gasteiger partial charge is 0.224 e. The van der Waals surface area contributed by atoms with Crippen LogP contribution < -0.4 is 10.6 Å². The standard InChI is InChI=1S/C20H20FN3O2/c21-16-5-7-17(8-6-16)23-20(26)10-9-19(25)22-12-14-24-13-11-15-3-1-2-4-18(15)24/h1-8,11,13H,9-10,12,14H2,(H,22,25)(H,23,26). The van der Waals surface area contributed by atoms with Gasteiger partial charge in [-0.25, -0.2) is 4.39 Å². The van der Waals surface area contributed by atoms with Crippen LogP contribution in [-0.4, -0.2) is 22.9 Å². The molecule has 0 aliphatic rings. The molecule has 0 aliphatic heterocycles. The molecule has 0 unspecified atom stereocenters. The van der Waals surface area contributed by atoms with Crippen molar-refractivity contribution in [3.8, 4) is 0 Å². The maximum atomic E-state index is 12.8. The van der Waals surface area contributed by atoms with Crippen molar-refractivity contribution < 1.29 is 14.0 Å². The molecule has 0 saturated heterocycles. The summed E-state index contributed by atoms with van der Waals surface area (Å²) in [5.41, 5.74) is 1.64. The Bertz CT molecular complexity index is 903. The first-order valence-electron chi connectivity index (χ1n) is 8.48. The quantitative estimate of drug-likeness (QED) is 0.684. The fraction of sp³-hybridized carbons (Fsp3) is 0.200. The normalized spacial score (nSPS) is 10.7. The van der Waals surface area contributed by atoms with Gasteiger partial charge in [0.1, 0.15) is 5.82 Å². The summed E-state index contributed by atoms with van der Waals surface area (Å²) in [7, 11) is 0. The number of para-hydroxylation sites is 1. The molecule has 2 amide bonds. The van der Waals surface area contributed by atoms with Crippen molar-refractivity contribution in [2.75, 3.05) is 11.9 Å². The summed E-state index contributed by atoms with van der Waals surface area (Å²) < 4.78 is 14.9. The third-order valence-corrected chi connectivity index (χ3v) is 4.06. The Morgan fingerprint density at radius 1 is 0.923 bits per heavy atom. The van der Waals surface area contributed by atoms with Crippen molar-refractivity contribution in [2.45, 2.75) is 19.4 Å². The zero-order valence-electron chi connectivity index (χ0n) is 14.2. The molecule has 0 fully saturated rings. The molecule has 0 aliphatic carbocycles. The SMILES string of the molecule is O=C(CCC(=O)Nc1ccc(F)cc1)NCCn1ccc2ccccc21. The minimum Gasteiger partial charge on any atom is -0.354 e. The Balaban J connectivity index is 1.38. The number of nitrogens with one attached hydrogen (secondary N) is 2. The van der Waals surface area contributed by atoms with E-state index in [1.54, 1.807) is 0 Å². The van der Waals surface area contributed by atoms with Gasteiger partial charge in [-0.15, -0.1) is 0 Å². The number of hydrogen-bond acceptors (Lipinski definition) is 2. The molecule has 134 valence electrons. The van der Waals surface area contributed by atoms with Crippen molar-refractivity contribution in [1.82, 2.24) is 9.88 Å². The summed E-state index contributed by atoms with van der Waals surface area (Å²) in [5.74, 6) is -0.809. The van der Waals surface area contributed by atoms with E-state index in [1.165, 1.54) is 24.3 Å². The fourth-order valence-electron chi connectivity index (χ4n) is 2.72. The predicted molar refractivity (Wildman–Crippen MR) is 99.2 cm³/mol. The van der Waals surface area contributed by atoms with Crippen molar-refractivity contribution in [2.24, 2.45) is 0 Å². The van der Waals surface area contributed by atoms with Crippen molar-refractivity contribution in [3.05, 3.63) is 66.6 Å². The summed E-state index contributed by atoms with van der Waals surface area (Å²) >= 11 is 0. The maximum Gasteiger partial charge on any atom is 0.224 e. The van der Waals surface area contributed by atoms with Gasteiger partial charge in [0.05, 0.1) is 0 Å². The van der Waals surface area contributed by atoms with Gasteiger partial charge in [-0.3, -0.25) is 9.59 Å². The van der Waals surface area contributed by atoms with E-state index in [0.717, 1.165) is 10.9 Å². The summed E-state index contributed by atoms with van der Waals surface area (Å²) in [6, 6.07) is 15.6. The molecule has 3 aromatic rings. The molecule has 2 N–H and O–H groups in total. The first kappa shape index (κ1) is 17.7.